The first-order chi connectivity index (χ1) is 6.05. The number of carbonyl (C=O) groups is 2. The topological polar surface area (TPSA) is 74.6 Å². The molecule has 0 aliphatic heterocycles. The lowest BCUT2D eigenvalue weighted by Crippen LogP contribution is -2.27. The fourth-order valence-electron chi connectivity index (χ4n) is 1.40. The molecule has 0 amide bonds. The molecule has 1 rings (SSSR count). The van der Waals surface area contributed by atoms with Crippen LogP contribution in [0.15, 0.2) is 12.2 Å². The molecule has 1 atom stereocenters. The number of aliphatic carboxylic acids is 2. The second kappa shape index (κ2) is 3.20. The van der Waals surface area contributed by atoms with Gasteiger partial charge in [0.2, 0.25) is 0 Å². The summed E-state index contributed by atoms with van der Waals surface area (Å²) in [6.45, 7) is 1.92. The first kappa shape index (κ1) is 9.77. The summed E-state index contributed by atoms with van der Waals surface area (Å²) in [6.07, 6.45) is 4.50. The molecule has 0 spiro atoms. The summed E-state index contributed by atoms with van der Waals surface area (Å²) in [5, 5.41) is 17.5. The minimum absolute atomic E-state index is 0.216. The van der Waals surface area contributed by atoms with Gasteiger partial charge < -0.3 is 10.2 Å². The van der Waals surface area contributed by atoms with Gasteiger partial charge in [0.25, 0.3) is 0 Å². The monoisotopic (exact) mass is 184 g/mol. The summed E-state index contributed by atoms with van der Waals surface area (Å²) in [5.41, 5.74) is -1.54. The van der Waals surface area contributed by atoms with Crippen LogP contribution in [-0.4, -0.2) is 22.2 Å². The van der Waals surface area contributed by atoms with Crippen LogP contribution >= 0.6 is 0 Å². The Kier molecular flexibility index (Phi) is 2.40. The molecular weight excluding hydrogens is 172 g/mol. The second-order valence-corrected chi connectivity index (χ2v) is 3.23. The molecule has 0 bridgehead atoms. The molecule has 0 aromatic rings. The van der Waals surface area contributed by atoms with Crippen LogP contribution in [0.3, 0.4) is 0 Å². The van der Waals surface area contributed by atoms with Crippen LogP contribution in [0.2, 0.25) is 0 Å². The minimum Gasteiger partial charge on any atom is -0.480 e. The van der Waals surface area contributed by atoms with Crippen LogP contribution in [0.1, 0.15) is 19.8 Å². The van der Waals surface area contributed by atoms with Gasteiger partial charge in [0, 0.05) is 5.92 Å². The smallest absolute Gasteiger partial charge is 0.321 e. The molecule has 1 fully saturated rings. The molecule has 1 aliphatic rings. The summed E-state index contributed by atoms with van der Waals surface area (Å²) in [7, 11) is 0. The van der Waals surface area contributed by atoms with Crippen LogP contribution in [0.4, 0.5) is 0 Å². The van der Waals surface area contributed by atoms with Crippen LogP contribution in [0, 0.1) is 11.3 Å². The standard InChI is InChI=1S/C9H12O4/c1-2-3-4-6-5-9(6,7(10)11)8(12)13/h3-4,6H,2,5H2,1H3,(H,10,11)(H,12,13). The van der Waals surface area contributed by atoms with E-state index in [4.69, 9.17) is 10.2 Å². The Morgan fingerprint density at radius 2 is 2.00 bits per heavy atom. The molecule has 0 saturated heterocycles. The van der Waals surface area contributed by atoms with Crippen molar-refractivity contribution < 1.29 is 19.8 Å². The molecule has 0 aromatic carbocycles. The molecule has 4 heteroatoms. The molecule has 4 nitrogen and oxygen atoms in total. The van der Waals surface area contributed by atoms with Crippen LogP contribution in [0.5, 0.6) is 0 Å². The zero-order valence-corrected chi connectivity index (χ0v) is 7.36. The highest BCUT2D eigenvalue weighted by Crippen LogP contribution is 2.53. The molecule has 0 heterocycles. The van der Waals surface area contributed by atoms with Gasteiger partial charge in [-0.15, -0.1) is 0 Å². The Balaban J connectivity index is 2.73. The van der Waals surface area contributed by atoms with Gasteiger partial charge in [-0.3, -0.25) is 9.59 Å². The van der Waals surface area contributed by atoms with Crippen molar-refractivity contribution in [1.82, 2.24) is 0 Å². The first-order valence-corrected chi connectivity index (χ1v) is 4.19. The van der Waals surface area contributed by atoms with Crippen molar-refractivity contribution in [2.75, 3.05) is 0 Å². The zero-order valence-electron chi connectivity index (χ0n) is 7.36. The summed E-state index contributed by atoms with van der Waals surface area (Å²) in [4.78, 5) is 21.4. The summed E-state index contributed by atoms with van der Waals surface area (Å²) in [6, 6.07) is 0. The lowest BCUT2D eigenvalue weighted by molar-refractivity contribution is -0.157. The highest BCUT2D eigenvalue weighted by molar-refractivity contribution is 6.02. The third-order valence-corrected chi connectivity index (χ3v) is 2.38. The van der Waals surface area contributed by atoms with E-state index in [9.17, 15) is 9.59 Å². The first-order valence-electron chi connectivity index (χ1n) is 4.19. The number of hydrogen-bond donors (Lipinski definition) is 2. The predicted molar refractivity (Wildman–Crippen MR) is 45.2 cm³/mol. The lowest BCUT2D eigenvalue weighted by atomic mass is 10.0. The maximum absolute atomic E-state index is 10.7. The van der Waals surface area contributed by atoms with Gasteiger partial charge in [0.1, 0.15) is 0 Å². The maximum atomic E-state index is 10.7. The average molecular weight is 184 g/mol. The fraction of sp³-hybridized carbons (Fsp3) is 0.556. The van der Waals surface area contributed by atoms with E-state index in [-0.39, 0.29) is 12.3 Å². The van der Waals surface area contributed by atoms with Crippen molar-refractivity contribution in [1.29, 1.82) is 0 Å². The molecule has 13 heavy (non-hydrogen) atoms. The SMILES string of the molecule is CCC=CC1CC1(C(=O)O)C(=O)O. The number of carboxylic acids is 2. The Labute approximate surface area is 75.9 Å². The Bertz CT molecular complexity index is 253. The van der Waals surface area contributed by atoms with Gasteiger partial charge in [-0.1, -0.05) is 19.1 Å². The molecule has 2 N–H and O–H groups in total. The Hall–Kier alpha value is -1.32. The number of allylic oxidation sites excluding steroid dienone is 2. The van der Waals surface area contributed by atoms with E-state index in [1.807, 2.05) is 6.92 Å². The number of hydrogen-bond acceptors (Lipinski definition) is 2. The number of carboxylic acid groups (broad SMARTS) is 2. The molecule has 0 aromatic heterocycles. The normalized spacial score (nSPS) is 24.5. The van der Waals surface area contributed by atoms with Crippen molar-refractivity contribution >= 4 is 11.9 Å². The van der Waals surface area contributed by atoms with Gasteiger partial charge in [-0.2, -0.15) is 0 Å². The highest BCUT2D eigenvalue weighted by Gasteiger charge is 2.65. The second-order valence-electron chi connectivity index (χ2n) is 3.23. The Morgan fingerprint density at radius 3 is 2.31 bits per heavy atom. The van der Waals surface area contributed by atoms with Crippen LogP contribution < -0.4 is 0 Å². The van der Waals surface area contributed by atoms with Gasteiger partial charge in [0.15, 0.2) is 5.41 Å². The molecule has 72 valence electrons. The minimum atomic E-state index is -1.54. The summed E-state index contributed by atoms with van der Waals surface area (Å²) < 4.78 is 0. The molecular formula is C9H12O4. The van der Waals surface area contributed by atoms with Crippen LogP contribution in [0.25, 0.3) is 0 Å². The van der Waals surface area contributed by atoms with Gasteiger partial charge in [-0.25, -0.2) is 0 Å². The molecule has 1 saturated carbocycles. The highest BCUT2D eigenvalue weighted by atomic mass is 16.4. The van der Waals surface area contributed by atoms with Gasteiger partial charge >= 0.3 is 11.9 Å². The quantitative estimate of drug-likeness (QED) is 0.507. The predicted octanol–water partition coefficient (Wildman–Crippen LogP) is 1.13. The third kappa shape index (κ3) is 1.43. The van der Waals surface area contributed by atoms with Crippen molar-refractivity contribution in [3.63, 3.8) is 0 Å². The van der Waals surface area contributed by atoms with Crippen LogP contribution in [-0.2, 0) is 9.59 Å². The van der Waals surface area contributed by atoms with Crippen molar-refractivity contribution in [2.24, 2.45) is 11.3 Å². The molecule has 0 radical (unpaired) electrons. The van der Waals surface area contributed by atoms with Crippen molar-refractivity contribution in [2.45, 2.75) is 19.8 Å². The fourth-order valence-corrected chi connectivity index (χ4v) is 1.40. The van der Waals surface area contributed by atoms with E-state index < -0.39 is 17.4 Å². The van der Waals surface area contributed by atoms with Gasteiger partial charge in [-0.05, 0) is 12.8 Å². The Morgan fingerprint density at radius 1 is 1.46 bits per heavy atom. The lowest BCUT2D eigenvalue weighted by Gasteiger charge is -2.02. The number of rotatable bonds is 4. The van der Waals surface area contributed by atoms with Crippen molar-refractivity contribution in [3.05, 3.63) is 12.2 Å². The van der Waals surface area contributed by atoms with Crippen molar-refractivity contribution in [3.8, 4) is 0 Å². The van der Waals surface area contributed by atoms with E-state index in [1.54, 1.807) is 12.2 Å². The van der Waals surface area contributed by atoms with E-state index in [1.165, 1.54) is 0 Å². The molecule has 1 aliphatic carbocycles. The third-order valence-electron chi connectivity index (χ3n) is 2.38. The molecule has 1 unspecified atom stereocenters. The summed E-state index contributed by atoms with van der Waals surface area (Å²) in [5.74, 6) is -2.79. The summed E-state index contributed by atoms with van der Waals surface area (Å²) >= 11 is 0. The van der Waals surface area contributed by atoms with Gasteiger partial charge in [0.05, 0.1) is 0 Å². The van der Waals surface area contributed by atoms with E-state index in [0.29, 0.717) is 0 Å². The van der Waals surface area contributed by atoms with E-state index in [2.05, 4.69) is 0 Å². The van der Waals surface area contributed by atoms with E-state index in [0.717, 1.165) is 6.42 Å². The van der Waals surface area contributed by atoms with E-state index >= 15 is 0 Å². The average Bonchev–Trinajstić information content (AvgIpc) is 2.76. The largest absolute Gasteiger partial charge is 0.480 e. The zero-order chi connectivity index (χ0) is 10.1. The maximum Gasteiger partial charge on any atom is 0.321 e.